The predicted octanol–water partition coefficient (Wildman–Crippen LogP) is -2.99. The monoisotopic (exact) mass is 169 g/mol. The van der Waals surface area contributed by atoms with E-state index in [0.717, 1.165) is 0 Å². The minimum absolute atomic E-state index is 0. The maximum Gasteiger partial charge on any atom is -1.00 e. The van der Waals surface area contributed by atoms with Gasteiger partial charge in [0.05, 0.1) is 0 Å². The molecule has 0 saturated heterocycles. The zero-order chi connectivity index (χ0) is 3.58. The molecule has 0 bridgehead atoms. The van der Waals surface area contributed by atoms with Gasteiger partial charge in [0.25, 0.3) is 0 Å². The van der Waals surface area contributed by atoms with Gasteiger partial charge in [0.15, 0.2) is 0 Å². The molecule has 0 rings (SSSR count). The molecule has 0 unspecified atom stereocenters. The van der Waals surface area contributed by atoms with Gasteiger partial charge in [-0.05, 0) is 0 Å². The molecule has 5 heavy (non-hydrogen) atoms. The Kier molecular flexibility index (Phi) is 9.71. The van der Waals surface area contributed by atoms with Crippen molar-refractivity contribution < 1.29 is 37.4 Å². The Morgan fingerprint density at radius 3 is 1.40 bits per heavy atom. The summed E-state index contributed by atoms with van der Waals surface area (Å²) in [6, 6.07) is 0. The normalized spacial score (nSPS) is 6.80. The molecule has 0 saturated carbocycles. The van der Waals surface area contributed by atoms with E-state index in [2.05, 4.69) is 2.84 Å². The minimum atomic E-state index is 0. The Morgan fingerprint density at radius 2 is 1.40 bits per heavy atom. The van der Waals surface area contributed by atoms with Crippen molar-refractivity contribution in [2.45, 2.75) is 0 Å². The molecule has 0 heterocycles. The smallest absolute Gasteiger partial charge is 1.00 e. The molecule has 0 aliphatic carbocycles. The first kappa shape index (κ1) is 9.46. The van der Waals surface area contributed by atoms with Gasteiger partial charge in [-0.2, -0.15) is 0 Å². The molecule has 0 aromatic carbocycles. The second kappa shape index (κ2) is 5.13. The molecule has 3 heteroatoms. The van der Waals surface area contributed by atoms with E-state index in [-0.39, 0.29) is 12.4 Å². The molecule has 0 amide bonds. The third kappa shape index (κ3) is 39.2. The van der Waals surface area contributed by atoms with Crippen molar-refractivity contribution in [2.75, 3.05) is 14.1 Å². The average molecular weight is 171 g/mol. The summed E-state index contributed by atoms with van der Waals surface area (Å²) in [5.74, 6) is 0. The summed E-state index contributed by atoms with van der Waals surface area (Å²) in [5, 5.41) is 0. The summed E-state index contributed by atoms with van der Waals surface area (Å²) in [7, 11) is 4.08. The fourth-order valence-electron chi connectivity index (χ4n) is 0. The van der Waals surface area contributed by atoms with Crippen LogP contribution in [0.1, 0.15) is 0 Å². The molecule has 1 nitrogen and oxygen atoms in total. The van der Waals surface area contributed by atoms with Crippen LogP contribution in [0.25, 0.3) is 0 Å². The van der Waals surface area contributed by atoms with E-state index in [1.54, 1.807) is 0 Å². The summed E-state index contributed by atoms with van der Waals surface area (Å²) in [5.41, 5.74) is 0. The number of halogens is 1. The molecule has 0 fully saturated rings. The van der Waals surface area contributed by atoms with Crippen molar-refractivity contribution in [1.82, 2.24) is 2.84 Å². The van der Waals surface area contributed by atoms with Crippen molar-refractivity contribution in [3.8, 4) is 0 Å². The number of rotatable bonds is 0. The van der Waals surface area contributed by atoms with Crippen LogP contribution in [0, 0.1) is 0 Å². The first-order chi connectivity index (χ1) is 1.73. The maximum absolute atomic E-state index is 2.09. The van der Waals surface area contributed by atoms with Gasteiger partial charge >= 0.3 is 41.9 Å². The van der Waals surface area contributed by atoms with Gasteiger partial charge in [-0.25, -0.2) is 0 Å². The molecule has 0 aromatic heterocycles. The Labute approximate surface area is 54.4 Å². The molecule has 0 radical (unpaired) electrons. The second-order valence-corrected chi connectivity index (χ2v) is 3.09. The van der Waals surface area contributed by atoms with Crippen LogP contribution >= 0.6 is 0 Å². The summed E-state index contributed by atoms with van der Waals surface area (Å²) < 4.78 is 2.09. The quantitative estimate of drug-likeness (QED) is 0.375. The Bertz CT molecular complexity index is 14.4. The molecular formula is C2H6ClNZr. The van der Waals surface area contributed by atoms with Gasteiger partial charge in [-0.1, -0.05) is 0 Å². The van der Waals surface area contributed by atoms with Crippen LogP contribution in [0.15, 0.2) is 0 Å². The number of hydrogen-bond acceptors (Lipinski definition) is 1. The average Bonchev–Trinajstić information content (AvgIpc) is 0.811. The molecule has 0 aliphatic rings. The Balaban J connectivity index is 0. The van der Waals surface area contributed by atoms with E-state index in [0.29, 0.717) is 0 Å². The third-order valence-electron chi connectivity index (χ3n) is 0. The van der Waals surface area contributed by atoms with Gasteiger partial charge in [0.1, 0.15) is 0 Å². The molecule has 0 aliphatic heterocycles. The van der Waals surface area contributed by atoms with E-state index in [4.69, 9.17) is 0 Å². The molecule has 0 aromatic rings. The van der Waals surface area contributed by atoms with Gasteiger partial charge in [0.2, 0.25) is 0 Å². The van der Waals surface area contributed by atoms with E-state index >= 15 is 0 Å². The van der Waals surface area contributed by atoms with Crippen molar-refractivity contribution in [1.29, 1.82) is 0 Å². The third-order valence-corrected chi connectivity index (χ3v) is 0. The Morgan fingerprint density at radius 1 is 1.40 bits per heavy atom. The first-order valence-electron chi connectivity index (χ1n) is 1.12. The van der Waals surface area contributed by atoms with Crippen LogP contribution in [0.3, 0.4) is 0 Å². The zero-order valence-electron chi connectivity index (χ0n) is 3.33. The van der Waals surface area contributed by atoms with E-state index < -0.39 is 0 Å². The van der Waals surface area contributed by atoms with Crippen LogP contribution in [0.4, 0.5) is 0 Å². The SMILES string of the molecule is C[N](C)[Zr+].[Cl-]. The van der Waals surface area contributed by atoms with Crippen LogP contribution in [0.2, 0.25) is 0 Å². The van der Waals surface area contributed by atoms with Crippen molar-refractivity contribution in [3.63, 3.8) is 0 Å². The molecule has 30 valence electrons. The zero-order valence-corrected chi connectivity index (χ0v) is 6.54. The number of nitrogens with zero attached hydrogens (tertiary/aromatic N) is 1. The molecule has 0 spiro atoms. The topological polar surface area (TPSA) is 3.24 Å². The standard InChI is InChI=1S/C2H6N.ClH.Zr/c1-3-2;;/h1-2H3;1H;/q-1;;+2/p-1. The van der Waals surface area contributed by atoms with Crippen LogP contribution in [-0.2, 0) is 25.0 Å². The van der Waals surface area contributed by atoms with Crippen molar-refractivity contribution >= 4 is 0 Å². The van der Waals surface area contributed by atoms with E-state index in [9.17, 15) is 0 Å². The first-order valence-corrected chi connectivity index (χ1v) is 2.22. The molecule has 0 atom stereocenters. The molecular weight excluding hydrogens is 165 g/mol. The van der Waals surface area contributed by atoms with Crippen molar-refractivity contribution in [2.24, 2.45) is 0 Å². The summed E-state index contributed by atoms with van der Waals surface area (Å²) in [6.45, 7) is 0. The van der Waals surface area contributed by atoms with E-state index in [1.807, 2.05) is 14.1 Å². The second-order valence-electron chi connectivity index (χ2n) is 0.894. The van der Waals surface area contributed by atoms with Gasteiger partial charge < -0.3 is 12.4 Å². The van der Waals surface area contributed by atoms with E-state index in [1.165, 1.54) is 25.0 Å². The van der Waals surface area contributed by atoms with Crippen molar-refractivity contribution in [3.05, 3.63) is 0 Å². The van der Waals surface area contributed by atoms with Crippen LogP contribution in [-0.4, -0.2) is 16.9 Å². The summed E-state index contributed by atoms with van der Waals surface area (Å²) >= 11 is 1.47. The summed E-state index contributed by atoms with van der Waals surface area (Å²) in [4.78, 5) is 0. The molecule has 0 N–H and O–H groups in total. The fourth-order valence-corrected chi connectivity index (χ4v) is 0. The fraction of sp³-hybridized carbons (Fsp3) is 1.00. The van der Waals surface area contributed by atoms with Crippen LogP contribution in [0.5, 0.6) is 0 Å². The minimum Gasteiger partial charge on any atom is -1.00 e. The summed E-state index contributed by atoms with van der Waals surface area (Å²) in [6.07, 6.45) is 0. The Hall–Kier alpha value is 1.13. The largest absolute Gasteiger partial charge is 1.00 e. The number of hydrogen-bond donors (Lipinski definition) is 0. The predicted molar refractivity (Wildman–Crippen MR) is 13.7 cm³/mol. The maximum atomic E-state index is 2.09. The van der Waals surface area contributed by atoms with Crippen LogP contribution < -0.4 is 12.4 Å². The van der Waals surface area contributed by atoms with Gasteiger partial charge in [-0.3, -0.25) is 0 Å². The van der Waals surface area contributed by atoms with Gasteiger partial charge in [0, 0.05) is 0 Å². The van der Waals surface area contributed by atoms with Gasteiger partial charge in [-0.15, -0.1) is 0 Å².